The Balaban J connectivity index is 2.06. The number of carbonyl (C=O) groups excluding carboxylic acids is 1. The Morgan fingerprint density at radius 2 is 2.07 bits per heavy atom. The molecule has 0 aliphatic carbocycles. The molecule has 2 heterocycles. The van der Waals surface area contributed by atoms with Gasteiger partial charge >= 0.3 is 0 Å². The molecule has 6 heteroatoms. The van der Waals surface area contributed by atoms with Crippen molar-refractivity contribution >= 4 is 29.0 Å². The third kappa shape index (κ3) is 4.45. The van der Waals surface area contributed by atoms with Crippen LogP contribution in [-0.4, -0.2) is 27.1 Å². The van der Waals surface area contributed by atoms with Crippen LogP contribution in [0.3, 0.4) is 0 Å². The number of aromatic nitrogens is 2. The smallest absolute Gasteiger partial charge is 0.224 e. The number of hydrogen-bond donors (Lipinski definition) is 1. The molecule has 0 atom stereocenters. The first-order valence-corrected chi connectivity index (χ1v) is 9.77. The molecule has 3 rings (SSSR count). The van der Waals surface area contributed by atoms with Gasteiger partial charge in [0.1, 0.15) is 11.4 Å². The van der Waals surface area contributed by atoms with E-state index in [1.807, 2.05) is 43.5 Å². The normalized spacial score (nSPS) is 11.6. The predicted molar refractivity (Wildman–Crippen MR) is 112 cm³/mol. The van der Waals surface area contributed by atoms with Gasteiger partial charge in [0.05, 0.1) is 23.9 Å². The van der Waals surface area contributed by atoms with Gasteiger partial charge in [0, 0.05) is 34.7 Å². The zero-order valence-corrected chi connectivity index (χ0v) is 17.2. The number of fused-ring (bicyclic) bond motifs is 1. The second-order valence-electron chi connectivity index (χ2n) is 7.27. The molecule has 5 nitrogen and oxygen atoms in total. The first kappa shape index (κ1) is 19.3. The highest BCUT2D eigenvalue weighted by atomic mass is 32.2. The summed E-state index contributed by atoms with van der Waals surface area (Å²) in [6.07, 6.45) is 4.37. The lowest BCUT2D eigenvalue weighted by Gasteiger charge is -2.19. The van der Waals surface area contributed by atoms with Crippen LogP contribution in [0, 0.1) is 0 Å². The number of ether oxygens (including phenoxy) is 1. The Morgan fingerprint density at radius 1 is 1.30 bits per heavy atom. The van der Waals surface area contributed by atoms with Gasteiger partial charge in [-0.05, 0) is 12.1 Å². The molecule has 1 amide bonds. The summed E-state index contributed by atoms with van der Waals surface area (Å²) in [4.78, 5) is 17.3. The molecule has 1 aromatic carbocycles. The van der Waals surface area contributed by atoms with E-state index in [-0.39, 0.29) is 10.7 Å². The van der Waals surface area contributed by atoms with Crippen LogP contribution < -0.4 is 10.1 Å². The third-order valence-corrected chi connectivity index (χ3v) is 5.11. The Kier molecular flexibility index (Phi) is 5.46. The highest BCUT2D eigenvalue weighted by Crippen LogP contribution is 2.39. The number of thioether (sulfide) groups is 1. The SMILES string of the molecule is CCC(=O)Nc1cccc(-c2cnc3cc(OC)c(SC(C)(C)C)cn23)c1. The van der Waals surface area contributed by atoms with Gasteiger partial charge in [0.15, 0.2) is 0 Å². The average molecular weight is 384 g/mol. The van der Waals surface area contributed by atoms with Crippen LogP contribution in [0.2, 0.25) is 0 Å². The number of carbonyl (C=O) groups is 1. The van der Waals surface area contributed by atoms with Crippen molar-refractivity contribution in [3.05, 3.63) is 42.7 Å². The van der Waals surface area contributed by atoms with Gasteiger partial charge < -0.3 is 10.1 Å². The summed E-state index contributed by atoms with van der Waals surface area (Å²) >= 11 is 1.76. The maximum Gasteiger partial charge on any atom is 0.224 e. The summed E-state index contributed by atoms with van der Waals surface area (Å²) in [6, 6.07) is 9.78. The highest BCUT2D eigenvalue weighted by Gasteiger charge is 2.18. The van der Waals surface area contributed by atoms with Crippen LogP contribution >= 0.6 is 11.8 Å². The van der Waals surface area contributed by atoms with Crippen molar-refractivity contribution in [3.63, 3.8) is 0 Å². The summed E-state index contributed by atoms with van der Waals surface area (Å²) in [7, 11) is 1.68. The molecule has 0 saturated carbocycles. The van der Waals surface area contributed by atoms with Crippen molar-refractivity contribution in [3.8, 4) is 17.0 Å². The third-order valence-electron chi connectivity index (χ3n) is 3.97. The first-order valence-electron chi connectivity index (χ1n) is 8.95. The first-order chi connectivity index (χ1) is 12.8. The maximum atomic E-state index is 11.7. The van der Waals surface area contributed by atoms with Crippen LogP contribution in [0.5, 0.6) is 5.75 Å². The zero-order valence-electron chi connectivity index (χ0n) is 16.4. The minimum Gasteiger partial charge on any atom is -0.495 e. The van der Waals surface area contributed by atoms with E-state index < -0.39 is 0 Å². The number of nitrogens with one attached hydrogen (secondary N) is 1. The van der Waals surface area contributed by atoms with Gasteiger partial charge in [-0.3, -0.25) is 9.20 Å². The monoisotopic (exact) mass is 383 g/mol. The average Bonchev–Trinajstić information content (AvgIpc) is 3.02. The fraction of sp³-hybridized carbons (Fsp3) is 0.333. The summed E-state index contributed by atoms with van der Waals surface area (Å²) in [5.74, 6) is 0.822. The lowest BCUT2D eigenvalue weighted by Crippen LogP contribution is -2.09. The highest BCUT2D eigenvalue weighted by molar-refractivity contribution is 8.00. The Hall–Kier alpha value is -2.47. The van der Waals surface area contributed by atoms with E-state index in [4.69, 9.17) is 4.74 Å². The van der Waals surface area contributed by atoms with Crippen molar-refractivity contribution in [2.24, 2.45) is 0 Å². The van der Waals surface area contributed by atoms with E-state index in [1.54, 1.807) is 18.9 Å². The largest absolute Gasteiger partial charge is 0.495 e. The van der Waals surface area contributed by atoms with Crippen molar-refractivity contribution in [1.82, 2.24) is 9.38 Å². The van der Waals surface area contributed by atoms with Crippen molar-refractivity contribution < 1.29 is 9.53 Å². The standard InChI is InChI=1S/C21H25N3O2S/c1-6-20(25)23-15-9-7-8-14(10-15)16-12-22-19-11-17(26-5)18(13-24(16)19)27-21(2,3)4/h7-13H,6H2,1-5H3,(H,23,25). The van der Waals surface area contributed by atoms with E-state index in [0.717, 1.165) is 33.2 Å². The lowest BCUT2D eigenvalue weighted by molar-refractivity contribution is -0.115. The number of hydrogen-bond acceptors (Lipinski definition) is 4. The minimum atomic E-state index is -0.00103. The van der Waals surface area contributed by atoms with E-state index in [2.05, 4.69) is 41.7 Å². The van der Waals surface area contributed by atoms with Gasteiger partial charge in [-0.15, -0.1) is 11.8 Å². The number of imidazole rings is 1. The Morgan fingerprint density at radius 3 is 2.74 bits per heavy atom. The van der Waals surface area contributed by atoms with E-state index in [0.29, 0.717) is 6.42 Å². The number of methoxy groups -OCH3 is 1. The van der Waals surface area contributed by atoms with Crippen molar-refractivity contribution in [2.75, 3.05) is 12.4 Å². The van der Waals surface area contributed by atoms with E-state index in [1.165, 1.54) is 0 Å². The molecule has 0 aliphatic heterocycles. The number of benzene rings is 1. The van der Waals surface area contributed by atoms with Gasteiger partial charge in [-0.25, -0.2) is 4.98 Å². The van der Waals surface area contributed by atoms with Gasteiger partial charge in [-0.1, -0.05) is 39.8 Å². The topological polar surface area (TPSA) is 55.6 Å². The zero-order chi connectivity index (χ0) is 19.6. The minimum absolute atomic E-state index is 0.00103. The number of pyridine rings is 1. The Bertz CT molecular complexity index is 973. The predicted octanol–water partition coefficient (Wildman–Crippen LogP) is 5.25. The quantitative estimate of drug-likeness (QED) is 0.612. The number of amides is 1. The molecule has 0 saturated heterocycles. The molecule has 0 radical (unpaired) electrons. The molecule has 0 aliphatic rings. The molecular formula is C21H25N3O2S. The van der Waals surface area contributed by atoms with Gasteiger partial charge in [-0.2, -0.15) is 0 Å². The summed E-state index contributed by atoms with van der Waals surface area (Å²) < 4.78 is 7.70. The molecule has 0 unspecified atom stereocenters. The molecule has 1 N–H and O–H groups in total. The van der Waals surface area contributed by atoms with Crippen LogP contribution in [-0.2, 0) is 4.79 Å². The van der Waals surface area contributed by atoms with Crippen LogP contribution in [0.15, 0.2) is 47.6 Å². The maximum absolute atomic E-state index is 11.7. The second-order valence-corrected chi connectivity index (χ2v) is 9.14. The fourth-order valence-electron chi connectivity index (χ4n) is 2.77. The van der Waals surface area contributed by atoms with Crippen LogP contribution in [0.25, 0.3) is 16.9 Å². The fourth-order valence-corrected chi connectivity index (χ4v) is 3.83. The van der Waals surface area contributed by atoms with Crippen molar-refractivity contribution in [1.29, 1.82) is 0 Å². The molecule has 0 bridgehead atoms. The van der Waals surface area contributed by atoms with Gasteiger partial charge in [0.25, 0.3) is 0 Å². The number of rotatable bonds is 5. The lowest BCUT2D eigenvalue weighted by atomic mass is 10.1. The second kappa shape index (κ2) is 7.64. The molecular weight excluding hydrogens is 358 g/mol. The van der Waals surface area contributed by atoms with Crippen LogP contribution in [0.1, 0.15) is 34.1 Å². The molecule has 0 fully saturated rings. The van der Waals surface area contributed by atoms with Gasteiger partial charge in [0.2, 0.25) is 5.91 Å². The molecule has 0 spiro atoms. The molecule has 3 aromatic rings. The Labute approximate surface area is 164 Å². The molecule has 142 valence electrons. The summed E-state index contributed by atoms with van der Waals surface area (Å²) in [6.45, 7) is 8.37. The number of anilines is 1. The molecule has 27 heavy (non-hydrogen) atoms. The summed E-state index contributed by atoms with van der Waals surface area (Å²) in [5, 5.41) is 2.91. The van der Waals surface area contributed by atoms with E-state index in [9.17, 15) is 4.79 Å². The van der Waals surface area contributed by atoms with Crippen LogP contribution in [0.4, 0.5) is 5.69 Å². The summed E-state index contributed by atoms with van der Waals surface area (Å²) in [5.41, 5.74) is 3.57. The number of nitrogens with zero attached hydrogens (tertiary/aromatic N) is 2. The molecule has 2 aromatic heterocycles. The van der Waals surface area contributed by atoms with Crippen molar-refractivity contribution in [2.45, 2.75) is 43.8 Å². The van der Waals surface area contributed by atoms with E-state index >= 15 is 0 Å².